The smallest absolute Gasteiger partial charge is 0.311 e. The van der Waals surface area contributed by atoms with Crippen molar-refractivity contribution in [1.29, 1.82) is 0 Å². The molecule has 2 aliphatic heterocycles. The molecule has 1 aromatic carbocycles. The first-order valence-electron chi connectivity index (χ1n) is 9.46. The highest BCUT2D eigenvalue weighted by Gasteiger charge is 2.57. The van der Waals surface area contributed by atoms with Gasteiger partial charge in [0.1, 0.15) is 0 Å². The Hall–Kier alpha value is -2.55. The predicted molar refractivity (Wildman–Crippen MR) is 97.9 cm³/mol. The average molecular weight is 410 g/mol. The fraction of sp³-hybridized carbons (Fsp3) is 0.550. The molecule has 0 aliphatic carbocycles. The van der Waals surface area contributed by atoms with E-state index in [1.807, 2.05) is 0 Å². The van der Waals surface area contributed by atoms with Gasteiger partial charge in [0.15, 0.2) is 11.6 Å². The van der Waals surface area contributed by atoms with Gasteiger partial charge in [0.05, 0.1) is 30.7 Å². The van der Waals surface area contributed by atoms with Crippen LogP contribution in [0.1, 0.15) is 29.6 Å². The van der Waals surface area contributed by atoms with Crippen LogP contribution in [0.25, 0.3) is 0 Å². The molecule has 2 aliphatic rings. The summed E-state index contributed by atoms with van der Waals surface area (Å²) < 4.78 is 37.5. The van der Waals surface area contributed by atoms with Crippen molar-refractivity contribution in [3.63, 3.8) is 0 Å². The van der Waals surface area contributed by atoms with Gasteiger partial charge < -0.3 is 19.3 Å². The molecule has 0 aromatic heterocycles. The van der Waals surface area contributed by atoms with Crippen LogP contribution in [0.3, 0.4) is 0 Å². The van der Waals surface area contributed by atoms with E-state index in [0.717, 1.165) is 6.07 Å². The lowest BCUT2D eigenvalue weighted by Crippen LogP contribution is -2.58. The van der Waals surface area contributed by atoms with Gasteiger partial charge in [-0.2, -0.15) is 0 Å². The Bertz CT molecular complexity index is 808. The molecule has 9 heteroatoms. The van der Waals surface area contributed by atoms with Crippen molar-refractivity contribution in [2.45, 2.75) is 24.8 Å². The summed E-state index contributed by atoms with van der Waals surface area (Å²) in [6.45, 7) is 1.06. The molecule has 0 bridgehead atoms. The third-order valence-electron chi connectivity index (χ3n) is 5.97. The molecule has 7 nitrogen and oxygen atoms in total. The van der Waals surface area contributed by atoms with Crippen molar-refractivity contribution < 1.29 is 32.6 Å². The van der Waals surface area contributed by atoms with Gasteiger partial charge in [0.2, 0.25) is 5.91 Å². The number of hydrogen-bond acceptors (Lipinski definition) is 5. The van der Waals surface area contributed by atoms with E-state index in [1.54, 1.807) is 4.90 Å². The van der Waals surface area contributed by atoms with Gasteiger partial charge in [0.25, 0.3) is 5.91 Å². The van der Waals surface area contributed by atoms with Crippen LogP contribution in [-0.2, 0) is 19.1 Å². The number of piperidine rings is 1. The summed E-state index contributed by atoms with van der Waals surface area (Å²) in [5, 5.41) is 0. The first-order valence-corrected chi connectivity index (χ1v) is 9.46. The summed E-state index contributed by atoms with van der Waals surface area (Å²) in [5.41, 5.74) is -1.11. The first-order chi connectivity index (χ1) is 13.9. The Labute approximate surface area is 167 Å². The van der Waals surface area contributed by atoms with Crippen LogP contribution < -0.4 is 0 Å². The Balaban J connectivity index is 1.82. The number of nitrogens with zero attached hydrogens (tertiary/aromatic N) is 2. The second-order valence-corrected chi connectivity index (χ2v) is 7.32. The lowest BCUT2D eigenvalue weighted by molar-refractivity contribution is -0.150. The lowest BCUT2D eigenvalue weighted by atomic mass is 9.76. The van der Waals surface area contributed by atoms with Gasteiger partial charge in [-0.1, -0.05) is 6.07 Å². The molecular weight excluding hydrogens is 386 g/mol. The largest absolute Gasteiger partial charge is 0.469 e. The lowest BCUT2D eigenvalue weighted by Gasteiger charge is -2.47. The molecule has 3 rings (SSSR count). The highest BCUT2D eigenvalue weighted by atomic mass is 19.2. The number of hydrogen-bond donors (Lipinski definition) is 0. The maximum atomic E-state index is 14.0. The fourth-order valence-electron chi connectivity index (χ4n) is 4.44. The number of benzene rings is 1. The number of ether oxygens (including phenoxy) is 2. The minimum absolute atomic E-state index is 0.0445. The number of halogens is 2. The highest BCUT2D eigenvalue weighted by molar-refractivity contribution is 5.95. The minimum Gasteiger partial charge on any atom is -0.469 e. The van der Waals surface area contributed by atoms with E-state index in [-0.39, 0.29) is 31.0 Å². The molecule has 1 unspecified atom stereocenters. The summed E-state index contributed by atoms with van der Waals surface area (Å²) in [6, 6.07) is 3.48. The van der Waals surface area contributed by atoms with Gasteiger partial charge in [-0.05, 0) is 25.0 Å². The van der Waals surface area contributed by atoms with E-state index in [0.29, 0.717) is 26.0 Å². The summed E-state index contributed by atoms with van der Waals surface area (Å²) in [5.74, 6) is -4.13. The van der Waals surface area contributed by atoms with Crippen LogP contribution in [0.5, 0.6) is 0 Å². The van der Waals surface area contributed by atoms with Crippen molar-refractivity contribution in [2.24, 2.45) is 5.92 Å². The van der Waals surface area contributed by atoms with E-state index in [4.69, 9.17) is 9.47 Å². The number of amides is 2. The number of carbonyl (C=O) groups is 3. The van der Waals surface area contributed by atoms with Crippen molar-refractivity contribution in [2.75, 3.05) is 40.5 Å². The van der Waals surface area contributed by atoms with Crippen LogP contribution >= 0.6 is 0 Å². The Morgan fingerprint density at radius 1 is 1.21 bits per heavy atom. The second-order valence-electron chi connectivity index (χ2n) is 7.32. The molecule has 0 saturated carbocycles. The Kier molecular flexibility index (Phi) is 6.16. The molecule has 1 spiro atoms. The number of esters is 1. The molecule has 2 saturated heterocycles. The fourth-order valence-corrected chi connectivity index (χ4v) is 4.44. The zero-order valence-corrected chi connectivity index (χ0v) is 16.5. The monoisotopic (exact) mass is 410 g/mol. The summed E-state index contributed by atoms with van der Waals surface area (Å²) >= 11 is 0. The first kappa shape index (κ1) is 21.2. The van der Waals surface area contributed by atoms with E-state index in [2.05, 4.69) is 0 Å². The maximum Gasteiger partial charge on any atom is 0.311 e. The maximum absolute atomic E-state index is 14.0. The molecule has 0 radical (unpaired) electrons. The second kappa shape index (κ2) is 8.44. The summed E-state index contributed by atoms with van der Waals surface area (Å²) in [4.78, 5) is 40.7. The van der Waals surface area contributed by atoms with Crippen molar-refractivity contribution >= 4 is 17.8 Å². The molecule has 1 aromatic rings. The molecule has 2 amide bonds. The minimum atomic E-state index is -1.18. The zero-order valence-electron chi connectivity index (χ0n) is 16.5. The molecule has 158 valence electrons. The molecule has 2 fully saturated rings. The van der Waals surface area contributed by atoms with E-state index in [1.165, 1.54) is 31.3 Å². The predicted octanol–water partition coefficient (Wildman–Crippen LogP) is 1.61. The molecular formula is C20H24F2N2O5. The topological polar surface area (TPSA) is 76.2 Å². The molecule has 1 atom stereocenters. The zero-order chi connectivity index (χ0) is 21.2. The highest BCUT2D eigenvalue weighted by Crippen LogP contribution is 2.44. The number of methoxy groups -OCH3 is 2. The van der Waals surface area contributed by atoms with E-state index < -0.39 is 35.0 Å². The van der Waals surface area contributed by atoms with E-state index >= 15 is 0 Å². The van der Waals surface area contributed by atoms with Crippen LogP contribution in [0.15, 0.2) is 18.2 Å². The van der Waals surface area contributed by atoms with Gasteiger partial charge in [-0.3, -0.25) is 14.4 Å². The SMILES string of the molecule is COCCN1C(=O)CC(C(=O)OC)C12CCN(C(=O)c1cccc(F)c1F)CC2. The van der Waals surface area contributed by atoms with Gasteiger partial charge in [-0.25, -0.2) is 8.78 Å². The number of carbonyl (C=O) groups excluding carboxylic acids is 3. The van der Waals surface area contributed by atoms with Gasteiger partial charge in [0, 0.05) is 33.2 Å². The van der Waals surface area contributed by atoms with Crippen LogP contribution in [0.2, 0.25) is 0 Å². The van der Waals surface area contributed by atoms with Crippen molar-refractivity contribution in [3.8, 4) is 0 Å². The van der Waals surface area contributed by atoms with Crippen molar-refractivity contribution in [1.82, 2.24) is 9.80 Å². The van der Waals surface area contributed by atoms with E-state index in [9.17, 15) is 23.2 Å². The Morgan fingerprint density at radius 3 is 2.52 bits per heavy atom. The standard InChI is InChI=1S/C20H24F2N2O5/c1-28-11-10-24-16(25)12-14(19(27)29-2)20(24)6-8-23(9-7-20)18(26)13-4-3-5-15(21)17(13)22/h3-5,14H,6-12H2,1-2H3. The third-order valence-corrected chi connectivity index (χ3v) is 5.97. The molecule has 29 heavy (non-hydrogen) atoms. The molecule has 0 N–H and O–H groups in total. The number of likely N-dealkylation sites (tertiary alicyclic amines) is 2. The number of rotatable bonds is 5. The van der Waals surface area contributed by atoms with Crippen LogP contribution in [-0.4, -0.2) is 73.6 Å². The molecule has 2 heterocycles. The third kappa shape index (κ3) is 3.71. The van der Waals surface area contributed by atoms with Gasteiger partial charge in [-0.15, -0.1) is 0 Å². The summed E-state index contributed by atoms with van der Waals surface area (Å²) in [6.07, 6.45) is 0.721. The normalized spacial score (nSPS) is 21.0. The summed E-state index contributed by atoms with van der Waals surface area (Å²) in [7, 11) is 2.81. The average Bonchev–Trinajstić information content (AvgIpc) is 2.99. The van der Waals surface area contributed by atoms with Crippen molar-refractivity contribution in [3.05, 3.63) is 35.4 Å². The quantitative estimate of drug-likeness (QED) is 0.690. The van der Waals surface area contributed by atoms with Crippen LogP contribution in [0, 0.1) is 17.6 Å². The van der Waals surface area contributed by atoms with Gasteiger partial charge >= 0.3 is 5.97 Å². The van der Waals surface area contributed by atoms with Crippen LogP contribution in [0.4, 0.5) is 8.78 Å². The Morgan fingerprint density at radius 2 is 1.90 bits per heavy atom.